The molecule has 0 aromatic heterocycles. The molecule has 0 aliphatic heterocycles. The Morgan fingerprint density at radius 3 is 0.800 bits per heavy atom. The molecular weight excluding hydrogens is 384 g/mol. The zero-order valence-electron chi connectivity index (χ0n) is 22.0. The van der Waals surface area contributed by atoms with Gasteiger partial charge in [0.1, 0.15) is 0 Å². The van der Waals surface area contributed by atoms with Crippen LogP contribution in [0, 0.1) is 0 Å². The molecule has 184 valence electrons. The zero-order chi connectivity index (χ0) is 22.5. The summed E-state index contributed by atoms with van der Waals surface area (Å²) in [6.45, 7) is 12.6. The second kappa shape index (κ2) is 31.3. The first-order chi connectivity index (χ1) is 14.7. The summed E-state index contributed by atoms with van der Waals surface area (Å²) in [5, 5.41) is 0. The third-order valence-electron chi connectivity index (χ3n) is 5.57. The van der Waals surface area contributed by atoms with Crippen molar-refractivity contribution in [2.75, 3.05) is 13.2 Å². The Hall–Kier alpha value is 0.137. The van der Waals surface area contributed by atoms with Crippen LogP contribution in [0.4, 0.5) is 0 Å². The lowest BCUT2D eigenvalue weighted by molar-refractivity contribution is 0.202. The lowest BCUT2D eigenvalue weighted by Gasteiger charge is -2.10. The Balaban J connectivity index is 0. The largest absolute Gasteiger partial charge is 0.397 e. The monoisotopic (exact) mass is 444 g/mol. The van der Waals surface area contributed by atoms with E-state index in [4.69, 9.17) is 8.85 Å². The minimum absolute atomic E-state index is 0.858. The van der Waals surface area contributed by atoms with E-state index in [0.717, 1.165) is 26.1 Å². The Labute approximate surface area is 194 Å². The molecule has 0 aromatic carbocycles. The van der Waals surface area contributed by atoms with Gasteiger partial charge in [-0.25, -0.2) is 0 Å². The SMILES string of the molecule is CCCCCCCCCCCCCCCCCCCC.CCCO[SiH](C)OCCC. The number of hydrogen-bond donors (Lipinski definition) is 0. The third kappa shape index (κ3) is 32.8. The van der Waals surface area contributed by atoms with Crippen LogP contribution in [-0.2, 0) is 8.85 Å². The van der Waals surface area contributed by atoms with Crippen molar-refractivity contribution in [3.63, 3.8) is 0 Å². The second-order valence-electron chi connectivity index (χ2n) is 8.97. The molecule has 30 heavy (non-hydrogen) atoms. The van der Waals surface area contributed by atoms with Crippen LogP contribution < -0.4 is 0 Å². The summed E-state index contributed by atoms with van der Waals surface area (Å²) in [4.78, 5) is 0. The molecule has 0 radical (unpaired) electrons. The van der Waals surface area contributed by atoms with Gasteiger partial charge in [0.15, 0.2) is 0 Å². The number of unbranched alkanes of at least 4 members (excludes halogenated alkanes) is 17. The molecule has 0 saturated carbocycles. The Morgan fingerprint density at radius 1 is 0.367 bits per heavy atom. The van der Waals surface area contributed by atoms with E-state index in [1.165, 1.54) is 116 Å². The molecule has 0 rings (SSSR count). The molecule has 0 bridgehead atoms. The van der Waals surface area contributed by atoms with Gasteiger partial charge in [-0.2, -0.15) is 0 Å². The predicted molar refractivity (Wildman–Crippen MR) is 140 cm³/mol. The van der Waals surface area contributed by atoms with Crippen LogP contribution in [-0.4, -0.2) is 22.5 Å². The van der Waals surface area contributed by atoms with E-state index in [0.29, 0.717) is 0 Å². The number of rotatable bonds is 23. The highest BCUT2D eigenvalue weighted by Gasteiger charge is 2.02. The highest BCUT2D eigenvalue weighted by Crippen LogP contribution is 2.14. The Kier molecular flexibility index (Phi) is 33.7. The van der Waals surface area contributed by atoms with E-state index in [2.05, 4.69) is 34.2 Å². The van der Waals surface area contributed by atoms with Crippen molar-refractivity contribution in [2.45, 2.75) is 163 Å². The molecule has 0 spiro atoms. The van der Waals surface area contributed by atoms with Crippen LogP contribution in [0.2, 0.25) is 6.55 Å². The normalized spacial score (nSPS) is 11.0. The maximum Gasteiger partial charge on any atom is 0.318 e. The maximum absolute atomic E-state index is 5.41. The molecule has 0 N–H and O–H groups in total. The van der Waals surface area contributed by atoms with E-state index < -0.39 is 9.28 Å². The predicted octanol–water partition coefficient (Wildman–Crippen LogP) is 9.74. The fraction of sp³-hybridized carbons (Fsp3) is 1.00. The molecule has 0 aliphatic carbocycles. The van der Waals surface area contributed by atoms with Crippen LogP contribution in [0.25, 0.3) is 0 Å². The van der Waals surface area contributed by atoms with Gasteiger partial charge in [-0.1, -0.05) is 143 Å². The van der Waals surface area contributed by atoms with Gasteiger partial charge < -0.3 is 8.85 Å². The zero-order valence-corrected chi connectivity index (χ0v) is 23.1. The van der Waals surface area contributed by atoms with Crippen molar-refractivity contribution in [1.29, 1.82) is 0 Å². The standard InChI is InChI=1S/C20H42.C7H18O2Si/c1-3-5-7-9-11-13-15-17-19-20-18-16-14-12-10-8-6-4-2;1-4-6-8-10(3)9-7-5-2/h3-20H2,1-2H3;10H,4-7H2,1-3H3. The highest BCUT2D eigenvalue weighted by atomic mass is 28.3. The van der Waals surface area contributed by atoms with Gasteiger partial charge in [-0.05, 0) is 19.4 Å². The average molecular weight is 445 g/mol. The average Bonchev–Trinajstić information content (AvgIpc) is 2.76. The minimum atomic E-state index is -1.24. The first-order valence-electron chi connectivity index (χ1n) is 14.0. The van der Waals surface area contributed by atoms with Crippen LogP contribution in [0.15, 0.2) is 0 Å². The highest BCUT2D eigenvalue weighted by molar-refractivity contribution is 6.42. The summed E-state index contributed by atoms with van der Waals surface area (Å²) in [7, 11) is -1.24. The topological polar surface area (TPSA) is 18.5 Å². The molecule has 0 unspecified atom stereocenters. The van der Waals surface area contributed by atoms with Gasteiger partial charge in [0.05, 0.1) is 0 Å². The maximum atomic E-state index is 5.41. The van der Waals surface area contributed by atoms with E-state index in [9.17, 15) is 0 Å². The lowest BCUT2D eigenvalue weighted by Crippen LogP contribution is -2.19. The first-order valence-corrected chi connectivity index (χ1v) is 16.1. The molecule has 0 aromatic rings. The van der Waals surface area contributed by atoms with Crippen molar-refractivity contribution in [1.82, 2.24) is 0 Å². The van der Waals surface area contributed by atoms with Gasteiger partial charge >= 0.3 is 9.28 Å². The van der Waals surface area contributed by atoms with Crippen LogP contribution in [0.3, 0.4) is 0 Å². The fourth-order valence-corrected chi connectivity index (χ4v) is 4.82. The Bertz CT molecular complexity index is 248. The van der Waals surface area contributed by atoms with Gasteiger partial charge in [0.2, 0.25) is 0 Å². The summed E-state index contributed by atoms with van der Waals surface area (Å²) in [5.41, 5.74) is 0. The van der Waals surface area contributed by atoms with Gasteiger partial charge in [-0.15, -0.1) is 0 Å². The molecule has 2 nitrogen and oxygen atoms in total. The molecule has 0 fully saturated rings. The summed E-state index contributed by atoms with van der Waals surface area (Å²) >= 11 is 0. The summed E-state index contributed by atoms with van der Waals surface area (Å²) in [5.74, 6) is 0. The minimum Gasteiger partial charge on any atom is -0.397 e. The molecule has 0 amide bonds. The molecule has 0 heterocycles. The van der Waals surface area contributed by atoms with E-state index in [-0.39, 0.29) is 0 Å². The van der Waals surface area contributed by atoms with Crippen molar-refractivity contribution in [2.24, 2.45) is 0 Å². The molecule has 0 saturated heterocycles. The van der Waals surface area contributed by atoms with Gasteiger partial charge in [0.25, 0.3) is 0 Å². The quantitative estimate of drug-likeness (QED) is 0.115. The van der Waals surface area contributed by atoms with E-state index in [1.54, 1.807) is 0 Å². The van der Waals surface area contributed by atoms with Crippen LogP contribution >= 0.6 is 0 Å². The summed E-state index contributed by atoms with van der Waals surface area (Å²) in [6, 6.07) is 0. The lowest BCUT2D eigenvalue weighted by atomic mass is 10.0. The Morgan fingerprint density at radius 2 is 0.600 bits per heavy atom. The van der Waals surface area contributed by atoms with Crippen LogP contribution in [0.1, 0.15) is 156 Å². The molecule has 3 heteroatoms. The summed E-state index contributed by atoms with van der Waals surface area (Å²) < 4.78 is 10.8. The second-order valence-corrected chi connectivity index (χ2v) is 10.8. The third-order valence-corrected chi connectivity index (χ3v) is 6.98. The van der Waals surface area contributed by atoms with Gasteiger partial charge in [-0.3, -0.25) is 0 Å². The molecular formula is C27H60O2Si. The van der Waals surface area contributed by atoms with Gasteiger partial charge in [0, 0.05) is 13.2 Å². The van der Waals surface area contributed by atoms with Crippen LogP contribution in [0.5, 0.6) is 0 Å². The van der Waals surface area contributed by atoms with E-state index in [1.807, 2.05) is 0 Å². The van der Waals surface area contributed by atoms with Crippen molar-refractivity contribution in [3.05, 3.63) is 0 Å². The smallest absolute Gasteiger partial charge is 0.318 e. The van der Waals surface area contributed by atoms with E-state index >= 15 is 0 Å². The van der Waals surface area contributed by atoms with Crippen molar-refractivity contribution < 1.29 is 8.85 Å². The molecule has 0 atom stereocenters. The summed E-state index contributed by atoms with van der Waals surface area (Å²) in [6.07, 6.45) is 28.6. The molecule has 0 aliphatic rings. The number of hydrogen-bond acceptors (Lipinski definition) is 2. The first kappa shape index (κ1) is 32.3. The van der Waals surface area contributed by atoms with Crippen molar-refractivity contribution >= 4 is 9.28 Å². The fourth-order valence-electron chi connectivity index (χ4n) is 3.59. The van der Waals surface area contributed by atoms with Crippen molar-refractivity contribution in [3.8, 4) is 0 Å².